The molecule has 0 bridgehead atoms. The van der Waals surface area contributed by atoms with Crippen LogP contribution in [0.15, 0.2) is 72.9 Å². The summed E-state index contributed by atoms with van der Waals surface area (Å²) in [5, 5.41) is 3.57. The molecule has 7 nitrogen and oxygen atoms in total. The van der Waals surface area contributed by atoms with Gasteiger partial charge >= 0.3 is 5.97 Å². The Labute approximate surface area is 228 Å². The van der Waals surface area contributed by atoms with Gasteiger partial charge in [-0.1, -0.05) is 67.4 Å². The molecule has 1 unspecified atom stereocenters. The van der Waals surface area contributed by atoms with Crippen LogP contribution in [-0.4, -0.2) is 33.1 Å². The van der Waals surface area contributed by atoms with E-state index in [9.17, 15) is 9.59 Å². The second kappa shape index (κ2) is 12.6. The van der Waals surface area contributed by atoms with Gasteiger partial charge in [-0.25, -0.2) is 9.78 Å². The summed E-state index contributed by atoms with van der Waals surface area (Å²) < 4.78 is 8.76. The van der Waals surface area contributed by atoms with Gasteiger partial charge < -0.3 is 19.2 Å². The zero-order valence-electron chi connectivity index (χ0n) is 22.0. The van der Waals surface area contributed by atoms with Crippen LogP contribution in [0.25, 0.3) is 0 Å². The average molecular weight is 533 g/mol. The first kappa shape index (κ1) is 27.2. The van der Waals surface area contributed by atoms with Crippen molar-refractivity contribution in [3.63, 3.8) is 0 Å². The predicted molar refractivity (Wildman–Crippen MR) is 150 cm³/mol. The van der Waals surface area contributed by atoms with Gasteiger partial charge in [0, 0.05) is 31.3 Å². The Kier molecular flexibility index (Phi) is 9.02. The van der Waals surface area contributed by atoms with Crippen molar-refractivity contribution < 1.29 is 14.3 Å². The van der Waals surface area contributed by atoms with Crippen LogP contribution in [0.1, 0.15) is 58.9 Å². The summed E-state index contributed by atoms with van der Waals surface area (Å²) in [5.74, 6) is 0.282. The van der Waals surface area contributed by atoms with E-state index < -0.39 is 12.0 Å². The largest absolute Gasteiger partial charge is 0.464 e. The number of nitrogens with zero attached hydrogens (tertiary/aromatic N) is 3. The molecule has 0 radical (unpaired) electrons. The first-order chi connectivity index (χ1) is 18.4. The fourth-order valence-corrected chi connectivity index (χ4v) is 4.69. The van der Waals surface area contributed by atoms with Gasteiger partial charge in [0.2, 0.25) is 5.91 Å². The highest BCUT2D eigenvalue weighted by atomic mass is 35.5. The molecule has 198 valence electrons. The lowest BCUT2D eigenvalue weighted by Crippen LogP contribution is -2.29. The van der Waals surface area contributed by atoms with E-state index >= 15 is 0 Å². The molecule has 0 aliphatic heterocycles. The third kappa shape index (κ3) is 6.34. The third-order valence-corrected chi connectivity index (χ3v) is 7.00. The molecule has 0 saturated carbocycles. The maximum absolute atomic E-state index is 13.5. The molecule has 8 heteroatoms. The molecule has 2 aromatic heterocycles. The lowest BCUT2D eigenvalue weighted by molar-refractivity contribution is -0.119. The highest BCUT2D eigenvalue weighted by molar-refractivity contribution is 6.30. The Bertz CT molecular complexity index is 1380. The van der Waals surface area contributed by atoms with Gasteiger partial charge in [0.05, 0.1) is 12.8 Å². The molecule has 4 rings (SSSR count). The predicted octanol–water partition coefficient (Wildman–Crippen LogP) is 6.25. The van der Waals surface area contributed by atoms with Crippen LogP contribution in [0.2, 0.25) is 5.15 Å². The van der Waals surface area contributed by atoms with Crippen molar-refractivity contribution in [2.75, 3.05) is 12.4 Å². The summed E-state index contributed by atoms with van der Waals surface area (Å²) in [6, 6.07) is 20.3. The van der Waals surface area contributed by atoms with Crippen LogP contribution in [0.4, 0.5) is 5.69 Å². The Morgan fingerprint density at radius 3 is 2.45 bits per heavy atom. The summed E-state index contributed by atoms with van der Waals surface area (Å²) in [6.45, 7) is 4.79. The summed E-state index contributed by atoms with van der Waals surface area (Å²) in [5.41, 5.74) is 4.02. The number of nitrogens with one attached hydrogen (secondary N) is 1. The molecule has 0 fully saturated rings. The highest BCUT2D eigenvalue weighted by Gasteiger charge is 2.25. The number of imidazole rings is 1. The van der Waals surface area contributed by atoms with Gasteiger partial charge in [-0.2, -0.15) is 0 Å². The van der Waals surface area contributed by atoms with Crippen LogP contribution in [0, 0.1) is 6.92 Å². The quantitative estimate of drug-likeness (QED) is 0.232. The second-order valence-corrected chi connectivity index (χ2v) is 9.64. The highest BCUT2D eigenvalue weighted by Crippen LogP contribution is 2.23. The number of hydrogen-bond acceptors (Lipinski definition) is 4. The van der Waals surface area contributed by atoms with Crippen LogP contribution in [0.5, 0.6) is 0 Å². The number of carbonyl (C=O) groups is 2. The Morgan fingerprint density at radius 2 is 1.76 bits per heavy atom. The molecule has 38 heavy (non-hydrogen) atoms. The van der Waals surface area contributed by atoms with Crippen molar-refractivity contribution in [1.29, 1.82) is 0 Å². The van der Waals surface area contributed by atoms with Gasteiger partial charge in [-0.05, 0) is 48.7 Å². The minimum Gasteiger partial charge on any atom is -0.464 e. The summed E-state index contributed by atoms with van der Waals surface area (Å²) in [7, 11) is 1.33. The number of ether oxygens (including phenoxy) is 1. The van der Waals surface area contributed by atoms with Gasteiger partial charge in [0.15, 0.2) is 0 Å². The first-order valence-electron chi connectivity index (χ1n) is 12.8. The Hall–Kier alpha value is -3.84. The number of halogens is 1. The third-order valence-electron chi connectivity index (χ3n) is 6.64. The van der Waals surface area contributed by atoms with E-state index in [4.69, 9.17) is 16.3 Å². The van der Waals surface area contributed by atoms with E-state index in [-0.39, 0.29) is 5.91 Å². The number of amides is 1. The van der Waals surface area contributed by atoms with Crippen LogP contribution in [0.3, 0.4) is 0 Å². The molecule has 1 atom stereocenters. The molecule has 0 saturated heterocycles. The topological polar surface area (TPSA) is 78.2 Å². The molecule has 0 spiro atoms. The monoisotopic (exact) mass is 532 g/mol. The molecule has 1 N–H and O–H groups in total. The molecular formula is C30H33ClN4O3. The molecule has 2 heterocycles. The summed E-state index contributed by atoms with van der Waals surface area (Å²) in [6.07, 6.45) is 5.18. The van der Waals surface area contributed by atoms with Gasteiger partial charge in [0.25, 0.3) is 0 Å². The van der Waals surface area contributed by atoms with E-state index in [2.05, 4.69) is 21.8 Å². The summed E-state index contributed by atoms with van der Waals surface area (Å²) >= 11 is 6.32. The molecule has 0 aliphatic rings. The van der Waals surface area contributed by atoms with Gasteiger partial charge in [0.1, 0.15) is 22.7 Å². The molecule has 4 aromatic rings. The zero-order chi connectivity index (χ0) is 27.1. The van der Waals surface area contributed by atoms with Crippen molar-refractivity contribution in [1.82, 2.24) is 14.1 Å². The van der Waals surface area contributed by atoms with E-state index in [0.717, 1.165) is 41.9 Å². The fraction of sp³-hybridized carbons (Fsp3) is 0.300. The molecule has 2 aromatic carbocycles. The number of rotatable bonds is 11. The van der Waals surface area contributed by atoms with Crippen molar-refractivity contribution in [3.8, 4) is 0 Å². The van der Waals surface area contributed by atoms with Crippen molar-refractivity contribution in [2.45, 2.75) is 52.1 Å². The van der Waals surface area contributed by atoms with E-state index in [1.54, 1.807) is 22.9 Å². The van der Waals surface area contributed by atoms with Gasteiger partial charge in [-0.3, -0.25) is 4.79 Å². The normalized spacial score (nSPS) is 11.8. The van der Waals surface area contributed by atoms with Crippen molar-refractivity contribution in [2.24, 2.45) is 0 Å². The lowest BCUT2D eigenvalue weighted by atomic mass is 10.0. The van der Waals surface area contributed by atoms with Crippen LogP contribution < -0.4 is 5.32 Å². The second-order valence-electron chi connectivity index (χ2n) is 9.28. The Balaban J connectivity index is 1.53. The number of hydrogen-bond donors (Lipinski definition) is 1. The SMILES string of the molecule is CCCCc1nc(Cl)c(C)n1Cc1ccc(NC(=O)C(Cc2ccccc2)n2cccc2C(=O)OC)cc1. The van der Waals surface area contributed by atoms with Crippen molar-refractivity contribution >= 4 is 29.2 Å². The summed E-state index contributed by atoms with van der Waals surface area (Å²) in [4.78, 5) is 30.4. The van der Waals surface area contributed by atoms with Crippen LogP contribution >= 0.6 is 11.6 Å². The number of methoxy groups -OCH3 is 1. The maximum Gasteiger partial charge on any atom is 0.354 e. The van der Waals surface area contributed by atoms with E-state index in [1.807, 2.05) is 61.5 Å². The van der Waals surface area contributed by atoms with Crippen LogP contribution in [-0.2, 0) is 28.9 Å². The number of carbonyl (C=O) groups excluding carboxylic acids is 2. The molecule has 0 aliphatic carbocycles. The average Bonchev–Trinajstić information content (AvgIpc) is 3.52. The van der Waals surface area contributed by atoms with Gasteiger partial charge in [-0.15, -0.1) is 0 Å². The molecule has 1 amide bonds. The first-order valence-corrected chi connectivity index (χ1v) is 13.2. The lowest BCUT2D eigenvalue weighted by Gasteiger charge is -2.21. The number of aromatic nitrogens is 3. The smallest absolute Gasteiger partial charge is 0.354 e. The zero-order valence-corrected chi connectivity index (χ0v) is 22.7. The standard InChI is InChI=1S/C30H33ClN4O3/c1-4-5-13-27-33-28(31)21(2)35(27)20-23-14-16-24(17-15-23)32-29(36)26(19-22-10-7-6-8-11-22)34-18-9-12-25(34)30(37)38-3/h6-12,14-18,26H,4-5,13,19-20H2,1-3H3,(H,32,36). The maximum atomic E-state index is 13.5. The number of benzene rings is 2. The van der Waals surface area contributed by atoms with E-state index in [1.165, 1.54) is 7.11 Å². The number of aryl methyl sites for hydroxylation is 1. The van der Waals surface area contributed by atoms with Crippen molar-refractivity contribution in [3.05, 3.63) is 106 Å². The molecular weight excluding hydrogens is 500 g/mol. The fourth-order valence-electron chi connectivity index (χ4n) is 4.49. The van der Waals surface area contributed by atoms with E-state index in [0.29, 0.717) is 29.5 Å². The minimum absolute atomic E-state index is 0.220. The number of esters is 1. The Morgan fingerprint density at radius 1 is 1.03 bits per heavy atom. The number of unbranched alkanes of at least 4 members (excludes halogenated alkanes) is 1. The minimum atomic E-state index is -0.641. The number of anilines is 1.